The Bertz CT molecular complexity index is 278. The minimum atomic E-state index is 0.182. The summed E-state index contributed by atoms with van der Waals surface area (Å²) in [7, 11) is 0. The van der Waals surface area contributed by atoms with Crippen LogP contribution in [0.4, 0.5) is 0 Å². The van der Waals surface area contributed by atoms with Crippen LogP contribution in [0.15, 0.2) is 15.9 Å². The molecule has 0 saturated heterocycles. The monoisotopic (exact) mass is 261 g/mol. The molecule has 3 heteroatoms. The summed E-state index contributed by atoms with van der Waals surface area (Å²) in [5.41, 5.74) is 6.01. The molecule has 0 spiro atoms. The van der Waals surface area contributed by atoms with Crippen molar-refractivity contribution in [3.05, 3.63) is 20.8 Å². The first-order chi connectivity index (χ1) is 5.93. The standard InChI is InChI=1S/C10H16BrNS/c1-7(12)6-10(2,3)9-8(11)4-5-13-9/h4-5,7H,6,12H2,1-3H3. The smallest absolute Gasteiger partial charge is 0.0319 e. The van der Waals surface area contributed by atoms with E-state index >= 15 is 0 Å². The molecule has 13 heavy (non-hydrogen) atoms. The van der Waals surface area contributed by atoms with E-state index in [9.17, 15) is 0 Å². The van der Waals surface area contributed by atoms with Gasteiger partial charge in [-0.15, -0.1) is 11.3 Å². The van der Waals surface area contributed by atoms with E-state index < -0.39 is 0 Å². The van der Waals surface area contributed by atoms with Crippen molar-refractivity contribution in [2.75, 3.05) is 0 Å². The lowest BCUT2D eigenvalue weighted by Gasteiger charge is -2.25. The van der Waals surface area contributed by atoms with Crippen LogP contribution in [0, 0.1) is 0 Å². The zero-order valence-corrected chi connectivity index (χ0v) is 10.7. The quantitative estimate of drug-likeness (QED) is 0.886. The Morgan fingerprint density at radius 2 is 2.23 bits per heavy atom. The van der Waals surface area contributed by atoms with E-state index in [1.54, 1.807) is 11.3 Å². The molecule has 1 rings (SSSR count). The fourth-order valence-electron chi connectivity index (χ4n) is 1.67. The molecule has 74 valence electrons. The molecule has 0 saturated carbocycles. The lowest BCUT2D eigenvalue weighted by Crippen LogP contribution is -2.27. The number of thiophene rings is 1. The zero-order valence-electron chi connectivity index (χ0n) is 8.30. The number of nitrogens with two attached hydrogens (primary N) is 1. The van der Waals surface area contributed by atoms with Crippen LogP contribution in [0.5, 0.6) is 0 Å². The third-order valence-corrected chi connectivity index (χ3v) is 4.27. The summed E-state index contributed by atoms with van der Waals surface area (Å²) in [5.74, 6) is 0. The largest absolute Gasteiger partial charge is 0.328 e. The van der Waals surface area contributed by atoms with Crippen LogP contribution >= 0.6 is 27.3 Å². The molecule has 0 fully saturated rings. The van der Waals surface area contributed by atoms with Gasteiger partial charge in [0.05, 0.1) is 0 Å². The summed E-state index contributed by atoms with van der Waals surface area (Å²) >= 11 is 5.36. The van der Waals surface area contributed by atoms with Crippen LogP contribution in [0.2, 0.25) is 0 Å². The van der Waals surface area contributed by atoms with E-state index in [1.165, 1.54) is 9.35 Å². The summed E-state index contributed by atoms with van der Waals surface area (Å²) in [6, 6.07) is 2.35. The average Bonchev–Trinajstić information content (AvgIpc) is 2.32. The van der Waals surface area contributed by atoms with Gasteiger partial charge in [-0.2, -0.15) is 0 Å². The van der Waals surface area contributed by atoms with Gasteiger partial charge in [0.25, 0.3) is 0 Å². The van der Waals surface area contributed by atoms with Crippen LogP contribution < -0.4 is 5.73 Å². The zero-order chi connectivity index (χ0) is 10.1. The van der Waals surface area contributed by atoms with Crippen molar-refractivity contribution in [1.29, 1.82) is 0 Å². The van der Waals surface area contributed by atoms with Crippen molar-refractivity contribution in [3.8, 4) is 0 Å². The predicted octanol–water partition coefficient (Wildman–Crippen LogP) is 3.53. The second-order valence-electron chi connectivity index (χ2n) is 4.16. The summed E-state index contributed by atoms with van der Waals surface area (Å²) in [4.78, 5) is 1.39. The lowest BCUT2D eigenvalue weighted by atomic mass is 9.85. The van der Waals surface area contributed by atoms with Crippen molar-refractivity contribution in [2.45, 2.75) is 38.6 Å². The number of hydrogen-bond donors (Lipinski definition) is 1. The Balaban J connectivity index is 2.87. The maximum absolute atomic E-state index is 5.82. The van der Waals surface area contributed by atoms with E-state index in [2.05, 4.69) is 48.1 Å². The van der Waals surface area contributed by atoms with Crippen LogP contribution in [-0.2, 0) is 5.41 Å². The minimum Gasteiger partial charge on any atom is -0.328 e. The first kappa shape index (κ1) is 11.2. The highest BCUT2D eigenvalue weighted by Gasteiger charge is 2.25. The third-order valence-electron chi connectivity index (χ3n) is 2.06. The Morgan fingerprint density at radius 1 is 1.62 bits per heavy atom. The molecule has 1 aromatic heterocycles. The number of halogens is 1. The highest BCUT2D eigenvalue weighted by Crippen LogP contribution is 2.37. The summed E-state index contributed by atoms with van der Waals surface area (Å²) in [5, 5.41) is 2.11. The maximum Gasteiger partial charge on any atom is 0.0319 e. The SMILES string of the molecule is CC(N)CC(C)(C)c1sccc1Br. The molecular weight excluding hydrogens is 246 g/mol. The molecular formula is C10H16BrNS. The Morgan fingerprint density at radius 3 is 2.62 bits per heavy atom. The van der Waals surface area contributed by atoms with Crippen LogP contribution in [0.1, 0.15) is 32.1 Å². The molecule has 0 aromatic carbocycles. The van der Waals surface area contributed by atoms with Crippen LogP contribution in [-0.4, -0.2) is 6.04 Å². The molecule has 1 unspecified atom stereocenters. The maximum atomic E-state index is 5.82. The molecule has 0 radical (unpaired) electrons. The molecule has 1 heterocycles. The Labute approximate surface area is 92.5 Å². The second kappa shape index (κ2) is 4.11. The highest BCUT2D eigenvalue weighted by molar-refractivity contribution is 9.10. The van der Waals surface area contributed by atoms with Gasteiger partial charge in [-0.3, -0.25) is 0 Å². The Hall–Kier alpha value is 0.140. The first-order valence-corrected chi connectivity index (χ1v) is 6.10. The highest BCUT2D eigenvalue weighted by atomic mass is 79.9. The van der Waals surface area contributed by atoms with Crippen molar-refractivity contribution in [1.82, 2.24) is 0 Å². The Kier molecular flexibility index (Phi) is 3.55. The molecule has 0 aliphatic heterocycles. The van der Waals surface area contributed by atoms with Gasteiger partial charge < -0.3 is 5.73 Å². The third kappa shape index (κ3) is 2.79. The molecule has 1 atom stereocenters. The molecule has 0 bridgehead atoms. The summed E-state index contributed by atoms with van der Waals surface area (Å²) in [6.07, 6.45) is 1.02. The van der Waals surface area contributed by atoms with Gasteiger partial charge in [0.15, 0.2) is 0 Å². The van der Waals surface area contributed by atoms with Crippen molar-refractivity contribution < 1.29 is 0 Å². The lowest BCUT2D eigenvalue weighted by molar-refractivity contribution is 0.443. The van der Waals surface area contributed by atoms with E-state index in [0.717, 1.165) is 6.42 Å². The van der Waals surface area contributed by atoms with Gasteiger partial charge in [-0.1, -0.05) is 13.8 Å². The predicted molar refractivity (Wildman–Crippen MR) is 63.3 cm³/mol. The van der Waals surface area contributed by atoms with Crippen LogP contribution in [0.25, 0.3) is 0 Å². The van der Waals surface area contributed by atoms with Crippen molar-refractivity contribution in [3.63, 3.8) is 0 Å². The fraction of sp³-hybridized carbons (Fsp3) is 0.600. The number of rotatable bonds is 3. The molecule has 0 aliphatic carbocycles. The second-order valence-corrected chi connectivity index (χ2v) is 5.93. The van der Waals surface area contributed by atoms with Gasteiger partial charge in [0.2, 0.25) is 0 Å². The first-order valence-electron chi connectivity index (χ1n) is 4.42. The van der Waals surface area contributed by atoms with Gasteiger partial charge in [0, 0.05) is 20.8 Å². The molecule has 0 aliphatic rings. The van der Waals surface area contributed by atoms with E-state index in [-0.39, 0.29) is 11.5 Å². The van der Waals surface area contributed by atoms with Crippen molar-refractivity contribution >= 4 is 27.3 Å². The fourth-order valence-corrected chi connectivity index (χ4v) is 3.72. The van der Waals surface area contributed by atoms with Gasteiger partial charge in [-0.05, 0) is 40.7 Å². The molecule has 1 nitrogen and oxygen atoms in total. The normalized spacial score (nSPS) is 14.5. The van der Waals surface area contributed by atoms with Crippen LogP contribution in [0.3, 0.4) is 0 Å². The summed E-state index contributed by atoms with van der Waals surface area (Å²) < 4.78 is 1.21. The average molecular weight is 262 g/mol. The topological polar surface area (TPSA) is 26.0 Å². The van der Waals surface area contributed by atoms with Gasteiger partial charge in [-0.25, -0.2) is 0 Å². The van der Waals surface area contributed by atoms with E-state index in [4.69, 9.17) is 5.73 Å². The van der Waals surface area contributed by atoms with E-state index in [1.807, 2.05) is 0 Å². The van der Waals surface area contributed by atoms with E-state index in [0.29, 0.717) is 0 Å². The van der Waals surface area contributed by atoms with Gasteiger partial charge >= 0.3 is 0 Å². The molecule has 0 amide bonds. The van der Waals surface area contributed by atoms with Gasteiger partial charge in [0.1, 0.15) is 0 Å². The number of hydrogen-bond acceptors (Lipinski definition) is 2. The minimum absolute atomic E-state index is 0.182. The van der Waals surface area contributed by atoms with Crippen molar-refractivity contribution in [2.24, 2.45) is 5.73 Å². The summed E-state index contributed by atoms with van der Waals surface area (Å²) in [6.45, 7) is 6.54. The molecule has 2 N–H and O–H groups in total. The molecule has 1 aromatic rings.